The molecule has 0 radical (unpaired) electrons. The molecule has 1 spiro atoms. The minimum absolute atomic E-state index is 0.00505. The van der Waals surface area contributed by atoms with Gasteiger partial charge in [-0.2, -0.15) is 0 Å². The summed E-state index contributed by atoms with van der Waals surface area (Å²) in [6.45, 7) is 17.4. The summed E-state index contributed by atoms with van der Waals surface area (Å²) in [7, 11) is 1.70. The van der Waals surface area contributed by atoms with Gasteiger partial charge in [-0.05, 0) is 75.8 Å². The van der Waals surface area contributed by atoms with Crippen molar-refractivity contribution in [3.8, 4) is 17.2 Å². The zero-order valence-electron chi connectivity index (χ0n) is 24.3. The molecular weight excluding hydrogens is 478 g/mol. The number of anilines is 1. The highest BCUT2D eigenvalue weighted by atomic mass is 16.5. The number of rotatable bonds is 11. The lowest BCUT2D eigenvalue weighted by molar-refractivity contribution is 0.0943. The molecule has 0 aromatic heterocycles. The number of fused-ring (bicyclic) bond motifs is 2. The molecule has 0 atom stereocenters. The maximum absolute atomic E-state index is 13.9. The molecule has 2 aromatic carbocycles. The van der Waals surface area contributed by atoms with E-state index in [2.05, 4.69) is 39.5 Å². The predicted octanol–water partition coefficient (Wildman–Crippen LogP) is 6.15. The molecule has 1 heterocycles. The van der Waals surface area contributed by atoms with Crippen molar-refractivity contribution in [1.29, 1.82) is 5.41 Å². The third-order valence-electron chi connectivity index (χ3n) is 7.76. The van der Waals surface area contributed by atoms with Crippen molar-refractivity contribution in [2.24, 2.45) is 0 Å². The van der Waals surface area contributed by atoms with Gasteiger partial charge in [-0.15, -0.1) is 0 Å². The fourth-order valence-electron chi connectivity index (χ4n) is 5.65. The average molecular weight is 522 g/mol. The molecule has 1 aliphatic carbocycles. The largest absolute Gasteiger partial charge is 0.494 e. The number of nitrogens with one attached hydrogen (secondary N) is 1. The lowest BCUT2D eigenvalue weighted by Crippen LogP contribution is -2.38. The van der Waals surface area contributed by atoms with Crippen LogP contribution in [0, 0.1) is 5.41 Å². The Kier molecular flexibility index (Phi) is 7.69. The number of hydrogen-bond donors (Lipinski definition) is 1. The summed E-state index contributed by atoms with van der Waals surface area (Å²) in [5, 5.41) is 9.07. The molecule has 0 unspecified atom stereocenters. The van der Waals surface area contributed by atoms with E-state index in [-0.39, 0.29) is 23.3 Å². The summed E-state index contributed by atoms with van der Waals surface area (Å²) < 4.78 is 17.6. The molecule has 1 aliphatic heterocycles. The number of nitrogens with zero attached hydrogens (tertiary/aromatic N) is 2. The van der Waals surface area contributed by atoms with E-state index in [1.807, 2.05) is 43.0 Å². The molecule has 4 rings (SSSR count). The van der Waals surface area contributed by atoms with E-state index in [4.69, 9.17) is 19.6 Å². The highest BCUT2D eigenvalue weighted by Gasteiger charge is 2.57. The molecule has 0 bridgehead atoms. The highest BCUT2D eigenvalue weighted by molar-refractivity contribution is 6.07. The molecule has 206 valence electrons. The van der Waals surface area contributed by atoms with Crippen molar-refractivity contribution in [2.45, 2.75) is 72.3 Å². The quantitative estimate of drug-likeness (QED) is 0.358. The second-order valence-electron chi connectivity index (χ2n) is 11.1. The molecule has 1 N–H and O–H groups in total. The first-order valence-electron chi connectivity index (χ1n) is 13.9. The van der Waals surface area contributed by atoms with Crippen molar-refractivity contribution in [3.63, 3.8) is 0 Å². The lowest BCUT2D eigenvalue weighted by atomic mass is 9.84. The molecule has 0 amide bonds. The molecular formula is C31H43N3O4. The normalized spacial score (nSPS) is 15.5. The van der Waals surface area contributed by atoms with Crippen LogP contribution in [0.2, 0.25) is 0 Å². The number of Topliss-reactive ketones (excluding diaryl/α,β-unsaturated/α-hetero) is 1. The Labute approximate surface area is 227 Å². The van der Waals surface area contributed by atoms with Crippen molar-refractivity contribution in [3.05, 3.63) is 46.5 Å². The fourth-order valence-corrected chi connectivity index (χ4v) is 5.65. The van der Waals surface area contributed by atoms with E-state index in [1.54, 1.807) is 7.11 Å². The Balaban J connectivity index is 1.73. The Morgan fingerprint density at radius 2 is 1.61 bits per heavy atom. The van der Waals surface area contributed by atoms with Gasteiger partial charge >= 0.3 is 0 Å². The van der Waals surface area contributed by atoms with Crippen LogP contribution in [0.25, 0.3) is 0 Å². The minimum Gasteiger partial charge on any atom is -0.494 e. The van der Waals surface area contributed by atoms with E-state index in [0.717, 1.165) is 54.1 Å². The molecule has 38 heavy (non-hydrogen) atoms. The van der Waals surface area contributed by atoms with Crippen LogP contribution in [0.4, 0.5) is 5.69 Å². The molecule has 7 nitrogen and oxygen atoms in total. The van der Waals surface area contributed by atoms with Gasteiger partial charge in [0.05, 0.1) is 38.1 Å². The van der Waals surface area contributed by atoms with Gasteiger partial charge in [0.15, 0.2) is 17.3 Å². The summed E-state index contributed by atoms with van der Waals surface area (Å²) in [4.78, 5) is 18.2. The Hall–Kier alpha value is -3.22. The third-order valence-corrected chi connectivity index (χ3v) is 7.76. The first-order chi connectivity index (χ1) is 18.1. The Morgan fingerprint density at radius 3 is 2.11 bits per heavy atom. The van der Waals surface area contributed by atoms with Gasteiger partial charge in [0, 0.05) is 29.8 Å². The van der Waals surface area contributed by atoms with E-state index in [0.29, 0.717) is 36.1 Å². The van der Waals surface area contributed by atoms with Crippen LogP contribution in [0.5, 0.6) is 17.2 Å². The topological polar surface area (TPSA) is 75.1 Å². The molecule has 7 heteroatoms. The van der Waals surface area contributed by atoms with Crippen molar-refractivity contribution >= 4 is 17.3 Å². The standard InChI is InChI=1S/C31H43N3O4/c1-9-33(10-2)24-16-20(15-23(28(24)36-8)30(5,6)7)25(35)19-34-29(32)21-17-26(37-11-3)27(38-12-4)18-22(21)31(34)13-14-31/h15-18,32H,9-14,19H2,1-8H3. The van der Waals surface area contributed by atoms with Crippen LogP contribution in [0.15, 0.2) is 24.3 Å². The van der Waals surface area contributed by atoms with E-state index in [1.165, 1.54) is 0 Å². The summed E-state index contributed by atoms with van der Waals surface area (Å²) >= 11 is 0. The van der Waals surface area contributed by atoms with Gasteiger partial charge in [0.25, 0.3) is 0 Å². The van der Waals surface area contributed by atoms with Crippen LogP contribution in [-0.2, 0) is 11.0 Å². The maximum atomic E-state index is 13.9. The maximum Gasteiger partial charge on any atom is 0.182 e. The summed E-state index contributed by atoms with van der Waals surface area (Å²) in [6.07, 6.45) is 1.82. The monoisotopic (exact) mass is 521 g/mol. The van der Waals surface area contributed by atoms with Crippen LogP contribution in [0.3, 0.4) is 0 Å². The molecule has 0 saturated heterocycles. The second kappa shape index (κ2) is 10.5. The van der Waals surface area contributed by atoms with Crippen LogP contribution < -0.4 is 19.1 Å². The molecule has 1 fully saturated rings. The first-order valence-corrected chi connectivity index (χ1v) is 13.9. The second-order valence-corrected chi connectivity index (χ2v) is 11.1. The van der Waals surface area contributed by atoms with E-state index < -0.39 is 0 Å². The first kappa shape index (κ1) is 27.8. The Morgan fingerprint density at radius 1 is 1.00 bits per heavy atom. The number of ether oxygens (including phenoxy) is 3. The number of amidine groups is 1. The van der Waals surface area contributed by atoms with E-state index >= 15 is 0 Å². The number of benzene rings is 2. The van der Waals surface area contributed by atoms with Gasteiger partial charge in [-0.25, -0.2) is 0 Å². The predicted molar refractivity (Wildman–Crippen MR) is 153 cm³/mol. The summed E-state index contributed by atoms with van der Waals surface area (Å²) in [6, 6.07) is 7.90. The summed E-state index contributed by atoms with van der Waals surface area (Å²) in [5.41, 5.74) is 3.98. The zero-order valence-corrected chi connectivity index (χ0v) is 24.3. The Bertz CT molecular complexity index is 1220. The van der Waals surface area contributed by atoms with Crippen molar-refractivity contribution < 1.29 is 19.0 Å². The highest BCUT2D eigenvalue weighted by Crippen LogP contribution is 2.58. The van der Waals surface area contributed by atoms with Gasteiger partial charge < -0.3 is 24.0 Å². The smallest absolute Gasteiger partial charge is 0.182 e. The molecule has 1 saturated carbocycles. The molecule has 2 aliphatic rings. The van der Waals surface area contributed by atoms with Gasteiger partial charge in [-0.1, -0.05) is 20.8 Å². The van der Waals surface area contributed by atoms with Crippen LogP contribution in [0.1, 0.15) is 88.4 Å². The van der Waals surface area contributed by atoms with Gasteiger partial charge in [0.2, 0.25) is 0 Å². The fraction of sp³-hybridized carbons (Fsp3) is 0.548. The van der Waals surface area contributed by atoms with Crippen LogP contribution >= 0.6 is 0 Å². The number of hydrogen-bond acceptors (Lipinski definition) is 6. The average Bonchev–Trinajstić information content (AvgIpc) is 3.65. The number of ketones is 1. The van der Waals surface area contributed by atoms with Crippen molar-refractivity contribution in [2.75, 3.05) is 44.9 Å². The number of methoxy groups -OCH3 is 1. The number of carbonyl (C=O) groups is 1. The number of carbonyl (C=O) groups excluding carboxylic acids is 1. The van der Waals surface area contributed by atoms with Gasteiger partial charge in [-0.3, -0.25) is 10.2 Å². The summed E-state index contributed by atoms with van der Waals surface area (Å²) in [5.74, 6) is 2.56. The SMILES string of the molecule is CCOc1cc2c(cc1OCC)C1(CC1)N(CC(=O)c1cc(N(CC)CC)c(OC)c(C(C)(C)C)c1)C2=N. The van der Waals surface area contributed by atoms with Crippen molar-refractivity contribution in [1.82, 2.24) is 4.90 Å². The minimum atomic E-state index is -0.320. The van der Waals surface area contributed by atoms with Crippen LogP contribution in [-0.4, -0.2) is 56.5 Å². The van der Waals surface area contributed by atoms with E-state index in [9.17, 15) is 4.79 Å². The third kappa shape index (κ3) is 4.72. The molecule has 2 aromatic rings. The van der Waals surface area contributed by atoms with Gasteiger partial charge in [0.1, 0.15) is 11.6 Å². The lowest BCUT2D eigenvalue weighted by Gasteiger charge is -2.30. The zero-order chi connectivity index (χ0) is 27.8.